The van der Waals surface area contributed by atoms with Crippen molar-refractivity contribution in [2.24, 2.45) is 10.9 Å². The van der Waals surface area contributed by atoms with E-state index in [4.69, 9.17) is 5.11 Å². The number of aliphatic imine (C=N–C) groups is 1. The predicted molar refractivity (Wildman–Crippen MR) is 85.5 cm³/mol. The molecule has 2 N–H and O–H groups in total. The number of amides is 1. The van der Waals surface area contributed by atoms with E-state index in [1.54, 1.807) is 6.07 Å². The van der Waals surface area contributed by atoms with Gasteiger partial charge in [-0.1, -0.05) is 6.07 Å². The van der Waals surface area contributed by atoms with Crippen LogP contribution in [0.2, 0.25) is 0 Å². The number of nitrogens with one attached hydrogen (secondary N) is 1. The predicted octanol–water partition coefficient (Wildman–Crippen LogP) is 2.71. The molecule has 7 heteroatoms. The fourth-order valence-corrected chi connectivity index (χ4v) is 3.84. The molecule has 2 heterocycles. The average molecular weight is 344 g/mol. The molecular formula is C18H14F2N2O3. The van der Waals surface area contributed by atoms with Crippen LogP contribution >= 0.6 is 0 Å². The molecule has 1 aromatic carbocycles. The molecule has 0 radical (unpaired) electrons. The highest BCUT2D eigenvalue weighted by Crippen LogP contribution is 2.46. The molecule has 2 aliphatic heterocycles. The molecule has 5 nitrogen and oxygen atoms in total. The molecule has 1 aliphatic carbocycles. The van der Waals surface area contributed by atoms with Gasteiger partial charge in [-0.05, 0) is 42.0 Å². The molecule has 0 spiro atoms. The first-order valence-electron chi connectivity index (χ1n) is 7.94. The largest absolute Gasteiger partial charge is 0.478 e. The number of allylic oxidation sites excluding steroid dienone is 2. The summed E-state index contributed by atoms with van der Waals surface area (Å²) in [5.41, 5.74) is 1.89. The molecule has 1 aromatic rings. The van der Waals surface area contributed by atoms with Crippen LogP contribution in [-0.4, -0.2) is 29.5 Å². The monoisotopic (exact) mass is 344 g/mol. The second kappa shape index (κ2) is 5.61. The molecule has 0 aromatic heterocycles. The van der Waals surface area contributed by atoms with Crippen molar-refractivity contribution in [1.82, 2.24) is 5.32 Å². The van der Waals surface area contributed by atoms with Gasteiger partial charge < -0.3 is 10.4 Å². The van der Waals surface area contributed by atoms with Gasteiger partial charge in [-0.15, -0.1) is 0 Å². The molecule has 0 saturated carbocycles. The van der Waals surface area contributed by atoms with Crippen LogP contribution in [0.3, 0.4) is 0 Å². The Bertz CT molecular complexity index is 902. The molecule has 2 unspecified atom stereocenters. The zero-order valence-corrected chi connectivity index (χ0v) is 13.1. The maximum absolute atomic E-state index is 14.1. The van der Waals surface area contributed by atoms with Crippen LogP contribution < -0.4 is 5.32 Å². The van der Waals surface area contributed by atoms with Gasteiger partial charge >= 0.3 is 5.97 Å². The second-order valence-corrected chi connectivity index (χ2v) is 6.44. The molecule has 0 saturated heterocycles. The summed E-state index contributed by atoms with van der Waals surface area (Å²) < 4.78 is 27.8. The lowest BCUT2D eigenvalue weighted by atomic mass is 9.75. The minimum atomic E-state index is -1.33. The number of benzene rings is 1. The highest BCUT2D eigenvalue weighted by Gasteiger charge is 2.39. The summed E-state index contributed by atoms with van der Waals surface area (Å²) in [6.45, 7) is 0.365. The number of rotatable bonds is 2. The van der Waals surface area contributed by atoms with E-state index >= 15 is 0 Å². The van der Waals surface area contributed by atoms with Gasteiger partial charge in [-0.3, -0.25) is 4.79 Å². The van der Waals surface area contributed by atoms with Gasteiger partial charge in [0.1, 0.15) is 5.82 Å². The molecule has 2 atom stereocenters. The van der Waals surface area contributed by atoms with E-state index in [0.717, 1.165) is 11.6 Å². The first kappa shape index (κ1) is 15.7. The van der Waals surface area contributed by atoms with E-state index in [1.807, 2.05) is 0 Å². The molecule has 0 fully saturated rings. The zero-order chi connectivity index (χ0) is 17.7. The Morgan fingerprint density at radius 1 is 1.28 bits per heavy atom. The third kappa shape index (κ3) is 2.56. The molecule has 1 amide bonds. The lowest BCUT2D eigenvalue weighted by Crippen LogP contribution is -2.29. The van der Waals surface area contributed by atoms with E-state index in [9.17, 15) is 18.4 Å². The number of hydrogen-bond acceptors (Lipinski definition) is 3. The SMILES string of the molecule is O=C1C=C2C(F)=NC3=C2C(CN1)CC(c1ccc(F)c(C(=O)O)c1)C3. The Labute approximate surface area is 141 Å². The van der Waals surface area contributed by atoms with Gasteiger partial charge in [0.05, 0.1) is 5.56 Å². The smallest absolute Gasteiger partial charge is 0.338 e. The Morgan fingerprint density at radius 3 is 2.84 bits per heavy atom. The number of hydrogen-bond donors (Lipinski definition) is 2. The normalized spacial score (nSPS) is 25.0. The molecular weight excluding hydrogens is 330 g/mol. The Morgan fingerprint density at radius 2 is 2.08 bits per heavy atom. The summed E-state index contributed by atoms with van der Waals surface area (Å²) in [4.78, 5) is 26.9. The van der Waals surface area contributed by atoms with E-state index in [-0.39, 0.29) is 28.9 Å². The van der Waals surface area contributed by atoms with Crippen LogP contribution in [0.1, 0.15) is 34.7 Å². The van der Waals surface area contributed by atoms with Gasteiger partial charge in [-0.25, -0.2) is 14.2 Å². The van der Waals surface area contributed by atoms with E-state index < -0.39 is 17.8 Å². The minimum absolute atomic E-state index is 0.109. The van der Waals surface area contributed by atoms with Crippen LogP contribution in [0, 0.1) is 11.7 Å². The summed E-state index contributed by atoms with van der Waals surface area (Å²) in [7, 11) is 0. The van der Waals surface area contributed by atoms with Crippen molar-refractivity contribution in [2.75, 3.05) is 6.54 Å². The van der Waals surface area contributed by atoms with Crippen molar-refractivity contribution in [3.63, 3.8) is 0 Å². The van der Waals surface area contributed by atoms with E-state index in [2.05, 4.69) is 10.3 Å². The first-order chi connectivity index (χ1) is 11.9. The number of halogens is 2. The number of carbonyl (C=O) groups is 2. The van der Waals surface area contributed by atoms with Crippen LogP contribution in [0.15, 0.2) is 46.1 Å². The number of carbonyl (C=O) groups excluding carboxylic acids is 1. The van der Waals surface area contributed by atoms with Gasteiger partial charge in [0.15, 0.2) is 0 Å². The van der Waals surface area contributed by atoms with Gasteiger partial charge in [-0.2, -0.15) is 4.39 Å². The van der Waals surface area contributed by atoms with Crippen molar-refractivity contribution in [3.8, 4) is 0 Å². The topological polar surface area (TPSA) is 78.8 Å². The van der Waals surface area contributed by atoms with Crippen LogP contribution in [0.25, 0.3) is 0 Å². The molecule has 128 valence electrons. The van der Waals surface area contributed by atoms with Crippen LogP contribution in [0.5, 0.6) is 0 Å². The Kier molecular flexibility index (Phi) is 3.52. The number of carboxylic acid groups (broad SMARTS) is 1. The molecule has 0 bridgehead atoms. The summed E-state index contributed by atoms with van der Waals surface area (Å²) in [6.07, 6.45) is 2.27. The number of aromatic carboxylic acids is 1. The summed E-state index contributed by atoms with van der Waals surface area (Å²) >= 11 is 0. The Hall–Kier alpha value is -2.83. The second-order valence-electron chi connectivity index (χ2n) is 6.44. The number of nitrogens with zero attached hydrogens (tertiary/aromatic N) is 1. The lowest BCUT2D eigenvalue weighted by Gasteiger charge is -2.30. The third-order valence-electron chi connectivity index (χ3n) is 4.96. The maximum Gasteiger partial charge on any atom is 0.338 e. The third-order valence-corrected chi connectivity index (χ3v) is 4.96. The van der Waals surface area contributed by atoms with E-state index in [0.29, 0.717) is 30.6 Å². The lowest BCUT2D eigenvalue weighted by molar-refractivity contribution is -0.116. The highest BCUT2D eigenvalue weighted by molar-refractivity contribution is 6.07. The summed E-state index contributed by atoms with van der Waals surface area (Å²) in [5, 5.41) is 11.8. The van der Waals surface area contributed by atoms with Gasteiger partial charge in [0.25, 0.3) is 0 Å². The van der Waals surface area contributed by atoms with Gasteiger partial charge in [0.2, 0.25) is 11.9 Å². The van der Waals surface area contributed by atoms with Crippen molar-refractivity contribution in [2.45, 2.75) is 18.8 Å². The van der Waals surface area contributed by atoms with Crippen molar-refractivity contribution < 1.29 is 23.5 Å². The molecule has 3 aliphatic rings. The average Bonchev–Trinajstić information content (AvgIpc) is 2.77. The molecule has 4 rings (SSSR count). The fraction of sp³-hybridized carbons (Fsp3) is 0.278. The fourth-order valence-electron chi connectivity index (χ4n) is 3.84. The Balaban J connectivity index is 1.72. The highest BCUT2D eigenvalue weighted by atomic mass is 19.1. The van der Waals surface area contributed by atoms with Crippen LogP contribution in [0.4, 0.5) is 8.78 Å². The standard InChI is InChI=1S/C18H14F2N2O3/c19-13-2-1-8(4-11(13)18(24)25)9-3-10-7-21-15(23)6-12-16(10)14(5-9)22-17(12)20/h1-2,4,6,9-10H,3,5,7H2,(H,21,23)(H,24,25). The first-order valence-corrected chi connectivity index (χ1v) is 7.94. The quantitative estimate of drug-likeness (QED) is 0.866. The minimum Gasteiger partial charge on any atom is -0.478 e. The summed E-state index contributed by atoms with van der Waals surface area (Å²) in [6, 6.07) is 4.02. The number of carboxylic acids is 1. The van der Waals surface area contributed by atoms with Crippen molar-refractivity contribution in [1.29, 1.82) is 0 Å². The van der Waals surface area contributed by atoms with E-state index in [1.165, 1.54) is 12.1 Å². The van der Waals surface area contributed by atoms with Crippen LogP contribution in [-0.2, 0) is 4.79 Å². The van der Waals surface area contributed by atoms with Crippen molar-refractivity contribution >= 4 is 17.8 Å². The molecule has 25 heavy (non-hydrogen) atoms. The summed E-state index contributed by atoms with van der Waals surface area (Å²) in [5.74, 6) is -3.35. The maximum atomic E-state index is 14.1. The zero-order valence-electron chi connectivity index (χ0n) is 13.1. The van der Waals surface area contributed by atoms with Gasteiger partial charge in [0, 0.05) is 29.8 Å². The van der Waals surface area contributed by atoms with Crippen molar-refractivity contribution in [3.05, 3.63) is 58.1 Å².